The summed E-state index contributed by atoms with van der Waals surface area (Å²) in [4.78, 5) is 35.8. The normalized spacial score (nSPS) is 9.86. The van der Waals surface area contributed by atoms with Crippen LogP contribution in [0.25, 0.3) is 5.69 Å². The molecule has 0 unspecified atom stereocenters. The first kappa shape index (κ1) is 10.2. The molecule has 0 spiro atoms. The highest BCUT2D eigenvalue weighted by atomic mass is 17.1. The van der Waals surface area contributed by atoms with E-state index in [4.69, 9.17) is 5.26 Å². The van der Waals surface area contributed by atoms with E-state index in [1.165, 1.54) is 10.8 Å². The lowest BCUT2D eigenvalue weighted by Gasteiger charge is -1.83. The molecule has 0 saturated heterocycles. The average molecular weight is 200 g/mol. The van der Waals surface area contributed by atoms with Crippen LogP contribution in [0.15, 0.2) is 15.8 Å². The fourth-order valence-electron chi connectivity index (χ4n) is 0.715. The number of rotatable bonds is 1. The SMILES string of the molecule is CCC(=O)OO.O=c1[nH]c(=O)n2cc1-2. The first-order chi connectivity index (χ1) is 6.60. The summed E-state index contributed by atoms with van der Waals surface area (Å²) >= 11 is 0. The first-order valence-electron chi connectivity index (χ1n) is 3.80. The van der Waals surface area contributed by atoms with Gasteiger partial charge in [0.05, 0.1) is 0 Å². The molecule has 2 aliphatic heterocycles. The zero-order valence-corrected chi connectivity index (χ0v) is 7.31. The van der Waals surface area contributed by atoms with Crippen LogP contribution in [-0.2, 0) is 9.68 Å². The molecule has 7 heteroatoms. The fraction of sp³-hybridized carbons (Fsp3) is 0.286. The molecular formula is C7H8N2O5. The Morgan fingerprint density at radius 3 is 2.36 bits per heavy atom. The highest BCUT2D eigenvalue weighted by Crippen LogP contribution is 2.04. The predicted molar refractivity (Wildman–Crippen MR) is 45.2 cm³/mol. The van der Waals surface area contributed by atoms with E-state index in [-0.39, 0.29) is 17.7 Å². The maximum atomic E-state index is 10.4. The highest BCUT2D eigenvalue weighted by Gasteiger charge is 2.18. The summed E-state index contributed by atoms with van der Waals surface area (Å²) in [5.74, 6) is -0.602. The van der Waals surface area contributed by atoms with Crippen molar-refractivity contribution in [2.24, 2.45) is 0 Å². The second-order valence-corrected chi connectivity index (χ2v) is 2.46. The second kappa shape index (κ2) is 3.88. The molecule has 0 radical (unpaired) electrons. The van der Waals surface area contributed by atoms with Crippen molar-refractivity contribution in [2.75, 3.05) is 0 Å². The molecule has 0 aromatic carbocycles. The van der Waals surface area contributed by atoms with E-state index in [0.717, 1.165) is 0 Å². The third-order valence-corrected chi connectivity index (χ3v) is 1.51. The molecular weight excluding hydrogens is 192 g/mol. The maximum absolute atomic E-state index is 10.4. The summed E-state index contributed by atoms with van der Waals surface area (Å²) in [6.07, 6.45) is 1.72. The van der Waals surface area contributed by atoms with Gasteiger partial charge >= 0.3 is 11.7 Å². The molecule has 0 aliphatic carbocycles. The highest BCUT2D eigenvalue weighted by molar-refractivity contribution is 5.67. The molecule has 76 valence electrons. The Labute approximate surface area is 77.5 Å². The summed E-state index contributed by atoms with van der Waals surface area (Å²) in [6.45, 7) is 1.60. The van der Waals surface area contributed by atoms with E-state index < -0.39 is 5.97 Å². The van der Waals surface area contributed by atoms with Gasteiger partial charge in [-0.15, -0.1) is 0 Å². The van der Waals surface area contributed by atoms with Crippen molar-refractivity contribution in [1.82, 2.24) is 9.55 Å². The maximum Gasteiger partial charge on any atom is 0.341 e. The monoisotopic (exact) mass is 200 g/mol. The van der Waals surface area contributed by atoms with Crippen molar-refractivity contribution in [2.45, 2.75) is 13.3 Å². The minimum absolute atomic E-state index is 0.219. The Morgan fingerprint density at radius 2 is 2.29 bits per heavy atom. The lowest BCUT2D eigenvalue weighted by molar-refractivity contribution is -0.233. The standard InChI is InChI=1S/C4H2N2O2.C3H6O3/c7-3-2-1-6(2)4(8)5-3;1-2-3(4)6-5/h1H,(H,5,7,8);5H,2H2,1H3. The summed E-state index contributed by atoms with van der Waals surface area (Å²) in [6, 6.07) is 0. The minimum Gasteiger partial charge on any atom is -0.301 e. The zero-order chi connectivity index (χ0) is 10.7. The molecule has 14 heavy (non-hydrogen) atoms. The minimum atomic E-state index is -0.602. The molecule has 2 aliphatic rings. The smallest absolute Gasteiger partial charge is 0.301 e. The lowest BCUT2D eigenvalue weighted by Crippen LogP contribution is -2.09. The first-order valence-corrected chi connectivity index (χ1v) is 3.80. The number of nitrogens with one attached hydrogen (secondary N) is 1. The van der Waals surface area contributed by atoms with Crippen LogP contribution in [0.2, 0.25) is 0 Å². The summed E-state index contributed by atoms with van der Waals surface area (Å²) in [5.41, 5.74) is -0.130. The van der Waals surface area contributed by atoms with Gasteiger partial charge in [-0.25, -0.2) is 9.59 Å². The number of aromatic nitrogens is 2. The fourth-order valence-corrected chi connectivity index (χ4v) is 0.715. The van der Waals surface area contributed by atoms with Crippen LogP contribution in [0.5, 0.6) is 0 Å². The number of imidazole rings is 1. The van der Waals surface area contributed by atoms with Gasteiger partial charge < -0.3 is 4.89 Å². The number of nitrogens with zero attached hydrogens (tertiary/aromatic N) is 1. The third-order valence-electron chi connectivity index (χ3n) is 1.51. The zero-order valence-electron chi connectivity index (χ0n) is 7.31. The quantitative estimate of drug-likeness (QED) is 0.466. The van der Waals surface area contributed by atoms with E-state index in [2.05, 4.69) is 9.87 Å². The average Bonchev–Trinajstić information content (AvgIpc) is 2.92. The molecule has 2 rings (SSSR count). The van der Waals surface area contributed by atoms with Gasteiger partial charge in [0, 0.05) is 12.6 Å². The van der Waals surface area contributed by atoms with Crippen molar-refractivity contribution in [1.29, 1.82) is 0 Å². The Morgan fingerprint density at radius 1 is 1.64 bits per heavy atom. The van der Waals surface area contributed by atoms with Gasteiger partial charge in [-0.3, -0.25) is 14.3 Å². The van der Waals surface area contributed by atoms with E-state index in [0.29, 0.717) is 5.69 Å². The van der Waals surface area contributed by atoms with Crippen molar-refractivity contribution >= 4 is 5.97 Å². The Kier molecular flexibility index (Phi) is 2.82. The molecule has 0 fully saturated rings. The van der Waals surface area contributed by atoms with Gasteiger partial charge in [-0.1, -0.05) is 6.92 Å². The van der Waals surface area contributed by atoms with E-state index in [1.807, 2.05) is 0 Å². The van der Waals surface area contributed by atoms with Gasteiger partial charge in [0.2, 0.25) is 0 Å². The molecule has 0 atom stereocenters. The molecule has 0 aromatic heterocycles. The lowest BCUT2D eigenvalue weighted by atomic mass is 10.5. The second-order valence-electron chi connectivity index (χ2n) is 2.46. The van der Waals surface area contributed by atoms with Crippen molar-refractivity contribution in [3.05, 3.63) is 27.0 Å². The topological polar surface area (TPSA) is 101 Å². The Hall–Kier alpha value is -1.89. The van der Waals surface area contributed by atoms with Crippen LogP contribution in [0, 0.1) is 0 Å². The van der Waals surface area contributed by atoms with Crippen molar-refractivity contribution in [3.8, 4) is 5.69 Å². The van der Waals surface area contributed by atoms with Crippen LogP contribution in [0.1, 0.15) is 13.3 Å². The summed E-state index contributed by atoms with van der Waals surface area (Å²) in [7, 11) is 0. The molecule has 2 N–H and O–H groups in total. The van der Waals surface area contributed by atoms with Crippen molar-refractivity contribution < 1.29 is 14.9 Å². The molecule has 0 aromatic rings. The van der Waals surface area contributed by atoms with Crippen molar-refractivity contribution in [3.63, 3.8) is 0 Å². The molecule has 2 heterocycles. The van der Waals surface area contributed by atoms with Gasteiger partial charge in [-0.2, -0.15) is 5.26 Å². The molecule has 7 nitrogen and oxygen atoms in total. The number of H-pyrrole nitrogens is 1. The van der Waals surface area contributed by atoms with E-state index >= 15 is 0 Å². The number of carbonyl (C=O) groups is 1. The molecule has 0 amide bonds. The Bertz CT molecular complexity index is 421. The number of hydrogen-bond donors (Lipinski definition) is 2. The van der Waals surface area contributed by atoms with Crippen LogP contribution < -0.4 is 11.2 Å². The largest absolute Gasteiger partial charge is 0.341 e. The van der Waals surface area contributed by atoms with Gasteiger partial charge in [0.25, 0.3) is 5.56 Å². The number of fused-ring (bicyclic) bond motifs is 1. The third kappa shape index (κ3) is 2.07. The van der Waals surface area contributed by atoms with Gasteiger partial charge in [0.15, 0.2) is 0 Å². The number of aromatic amines is 1. The van der Waals surface area contributed by atoms with Crippen LogP contribution in [-0.4, -0.2) is 20.8 Å². The Balaban J connectivity index is 0.000000149. The summed E-state index contributed by atoms with van der Waals surface area (Å²) in [5, 5.41) is 7.49. The van der Waals surface area contributed by atoms with E-state index in [9.17, 15) is 14.4 Å². The van der Waals surface area contributed by atoms with E-state index in [1.54, 1.807) is 6.92 Å². The number of carbonyl (C=O) groups excluding carboxylic acids is 1. The summed E-state index contributed by atoms with van der Waals surface area (Å²) < 4.78 is 1.28. The molecule has 0 bridgehead atoms. The number of hydrogen-bond acceptors (Lipinski definition) is 5. The predicted octanol–water partition coefficient (Wildman–Crippen LogP) is -0.748. The molecule has 0 saturated carbocycles. The van der Waals surface area contributed by atoms with Crippen LogP contribution in [0.4, 0.5) is 0 Å². The van der Waals surface area contributed by atoms with Crippen LogP contribution in [0.3, 0.4) is 0 Å². The van der Waals surface area contributed by atoms with Crippen LogP contribution >= 0.6 is 0 Å². The van der Waals surface area contributed by atoms with Gasteiger partial charge in [-0.05, 0) is 0 Å². The van der Waals surface area contributed by atoms with Gasteiger partial charge in [0.1, 0.15) is 5.69 Å².